The second-order valence-electron chi connectivity index (χ2n) is 7.05. The van der Waals surface area contributed by atoms with Crippen LogP contribution in [-0.2, 0) is 30.4 Å². The number of benzene rings is 1. The minimum Gasteiger partial charge on any atom is -0.458 e. The van der Waals surface area contributed by atoms with Crippen molar-refractivity contribution in [1.82, 2.24) is 5.32 Å². The predicted molar refractivity (Wildman–Crippen MR) is 116 cm³/mol. The highest BCUT2D eigenvalue weighted by Gasteiger charge is 2.17. The monoisotopic (exact) mass is 427 g/mol. The third-order valence-corrected chi connectivity index (χ3v) is 4.46. The summed E-state index contributed by atoms with van der Waals surface area (Å²) in [5.74, 6) is -1.02. The molecule has 7 heteroatoms. The van der Waals surface area contributed by atoms with E-state index in [2.05, 4.69) is 5.32 Å². The highest BCUT2D eigenvalue weighted by molar-refractivity contribution is 5.83. The molecule has 2 rings (SSSR count). The fraction of sp³-hybridized carbons (Fsp3) is 0.375. The maximum Gasteiger partial charge on any atom is 0.407 e. The van der Waals surface area contributed by atoms with Gasteiger partial charge >= 0.3 is 18.0 Å². The quantitative estimate of drug-likeness (QED) is 0.364. The summed E-state index contributed by atoms with van der Waals surface area (Å²) in [6.45, 7) is 3.92. The van der Waals surface area contributed by atoms with Crippen molar-refractivity contribution in [3.63, 3.8) is 0 Å². The number of carbonyl (C=O) groups excluding carboxylic acids is 3. The van der Waals surface area contributed by atoms with Gasteiger partial charge in [0.25, 0.3) is 0 Å². The molecule has 1 amide bonds. The topological polar surface area (TPSA) is 90.9 Å². The van der Waals surface area contributed by atoms with Crippen LogP contribution in [0.4, 0.5) is 4.79 Å². The molecule has 0 spiro atoms. The summed E-state index contributed by atoms with van der Waals surface area (Å²) in [4.78, 5) is 35.3. The zero-order valence-electron chi connectivity index (χ0n) is 17.9. The molecule has 0 aliphatic heterocycles. The minimum atomic E-state index is -0.583. The Morgan fingerprint density at radius 2 is 1.90 bits per heavy atom. The Kier molecular flexibility index (Phi) is 10.1. The molecule has 1 unspecified atom stereocenters. The number of amides is 1. The third kappa shape index (κ3) is 9.80. The largest absolute Gasteiger partial charge is 0.458 e. The standard InChI is InChI=1S/C24H29NO6/c1-3-29-24(28)25-21-11-7-10-19(16-21)13-15-23(27)31-18(2)12-14-22(26)30-17-20-8-5-4-6-9-20/h4-6,8-10,12-15,18,21H,3,7,11,16-17H2,1-2H3,(H,25,28)/b14-12-,15-13+/t18?,21-/m0/s1. The van der Waals surface area contributed by atoms with E-state index in [9.17, 15) is 14.4 Å². The Labute approximate surface area is 182 Å². The fourth-order valence-corrected chi connectivity index (χ4v) is 2.97. The molecule has 7 nitrogen and oxygen atoms in total. The number of hydrogen-bond acceptors (Lipinski definition) is 6. The van der Waals surface area contributed by atoms with E-state index in [1.807, 2.05) is 36.4 Å². The first-order valence-electron chi connectivity index (χ1n) is 10.4. The van der Waals surface area contributed by atoms with Gasteiger partial charge in [0.2, 0.25) is 0 Å². The molecule has 1 aromatic carbocycles. The first-order valence-corrected chi connectivity index (χ1v) is 10.4. The maximum atomic E-state index is 12.0. The summed E-state index contributed by atoms with van der Waals surface area (Å²) < 4.78 is 15.3. The molecule has 0 heterocycles. The number of ether oxygens (including phenoxy) is 3. The molecule has 1 aliphatic rings. The van der Waals surface area contributed by atoms with Gasteiger partial charge in [-0.15, -0.1) is 0 Å². The first kappa shape index (κ1) is 23.9. The number of hydrogen-bond donors (Lipinski definition) is 1. The van der Waals surface area contributed by atoms with Crippen molar-refractivity contribution in [2.24, 2.45) is 0 Å². The molecule has 2 atom stereocenters. The van der Waals surface area contributed by atoms with Gasteiger partial charge in [-0.25, -0.2) is 14.4 Å². The SMILES string of the molecule is CCOC(=O)N[C@H]1CCC=C(/C=C/C(=O)OC(C)/C=C\C(=O)OCc2ccccc2)C1. The van der Waals surface area contributed by atoms with Crippen LogP contribution in [0.25, 0.3) is 0 Å². The number of nitrogens with one attached hydrogen (secondary N) is 1. The average Bonchev–Trinajstić information content (AvgIpc) is 2.76. The highest BCUT2D eigenvalue weighted by Crippen LogP contribution is 2.19. The lowest BCUT2D eigenvalue weighted by molar-refractivity contribution is -0.141. The van der Waals surface area contributed by atoms with Gasteiger partial charge in [-0.3, -0.25) is 0 Å². The molecular formula is C24H29NO6. The van der Waals surface area contributed by atoms with E-state index < -0.39 is 24.1 Å². The zero-order chi connectivity index (χ0) is 22.5. The number of alkyl carbamates (subject to hydrolysis) is 1. The van der Waals surface area contributed by atoms with E-state index in [1.54, 1.807) is 19.9 Å². The van der Waals surface area contributed by atoms with Gasteiger partial charge in [0.15, 0.2) is 0 Å². The molecule has 0 bridgehead atoms. The average molecular weight is 427 g/mol. The molecule has 1 N–H and O–H groups in total. The lowest BCUT2D eigenvalue weighted by Crippen LogP contribution is -2.36. The van der Waals surface area contributed by atoms with Crippen molar-refractivity contribution in [2.75, 3.05) is 6.61 Å². The molecule has 0 radical (unpaired) electrons. The molecule has 0 saturated heterocycles. The van der Waals surface area contributed by atoms with Crippen LogP contribution in [0.3, 0.4) is 0 Å². The first-order chi connectivity index (χ1) is 15.0. The van der Waals surface area contributed by atoms with Crippen molar-refractivity contribution in [3.05, 3.63) is 71.8 Å². The Balaban J connectivity index is 1.72. The summed E-state index contributed by atoms with van der Waals surface area (Å²) in [5, 5.41) is 2.81. The maximum absolute atomic E-state index is 12.0. The third-order valence-electron chi connectivity index (χ3n) is 4.46. The van der Waals surface area contributed by atoms with E-state index in [1.165, 1.54) is 18.2 Å². The van der Waals surface area contributed by atoms with Crippen LogP contribution in [0.2, 0.25) is 0 Å². The summed E-state index contributed by atoms with van der Waals surface area (Å²) in [5.41, 5.74) is 1.84. The van der Waals surface area contributed by atoms with E-state index in [-0.39, 0.29) is 12.6 Å². The highest BCUT2D eigenvalue weighted by atomic mass is 16.6. The number of carbonyl (C=O) groups is 3. The van der Waals surface area contributed by atoms with Crippen LogP contribution in [0, 0.1) is 0 Å². The Morgan fingerprint density at radius 1 is 1.13 bits per heavy atom. The molecule has 31 heavy (non-hydrogen) atoms. The zero-order valence-corrected chi connectivity index (χ0v) is 17.9. The molecule has 0 fully saturated rings. The van der Waals surface area contributed by atoms with Crippen molar-refractivity contribution < 1.29 is 28.6 Å². The van der Waals surface area contributed by atoms with E-state index in [0.717, 1.165) is 24.0 Å². The molecular weight excluding hydrogens is 398 g/mol. The molecule has 0 saturated carbocycles. The van der Waals surface area contributed by atoms with Gasteiger partial charge < -0.3 is 19.5 Å². The Bertz CT molecular complexity index is 828. The summed E-state index contributed by atoms with van der Waals surface area (Å²) in [6.07, 6.45) is 9.00. The molecule has 1 aliphatic carbocycles. The van der Waals surface area contributed by atoms with E-state index in [0.29, 0.717) is 13.0 Å². The van der Waals surface area contributed by atoms with Crippen LogP contribution in [0.15, 0.2) is 66.3 Å². The van der Waals surface area contributed by atoms with Crippen molar-refractivity contribution >= 4 is 18.0 Å². The lowest BCUT2D eigenvalue weighted by atomic mass is 9.94. The molecule has 1 aromatic rings. The van der Waals surface area contributed by atoms with Crippen molar-refractivity contribution in [1.29, 1.82) is 0 Å². The van der Waals surface area contributed by atoms with E-state index >= 15 is 0 Å². The van der Waals surface area contributed by atoms with Gasteiger partial charge in [-0.05, 0) is 50.3 Å². The number of allylic oxidation sites excluding steroid dienone is 2. The normalized spacial score (nSPS) is 17.1. The van der Waals surface area contributed by atoms with Gasteiger partial charge in [-0.2, -0.15) is 0 Å². The minimum absolute atomic E-state index is 0.0246. The summed E-state index contributed by atoms with van der Waals surface area (Å²) in [7, 11) is 0. The van der Waals surface area contributed by atoms with E-state index in [4.69, 9.17) is 14.2 Å². The Hall–Kier alpha value is -3.35. The van der Waals surface area contributed by atoms with Gasteiger partial charge in [0, 0.05) is 18.2 Å². The van der Waals surface area contributed by atoms with Crippen LogP contribution < -0.4 is 5.32 Å². The summed E-state index contributed by atoms with van der Waals surface area (Å²) >= 11 is 0. The smallest absolute Gasteiger partial charge is 0.407 e. The number of esters is 2. The summed E-state index contributed by atoms with van der Waals surface area (Å²) in [6, 6.07) is 9.33. The van der Waals surface area contributed by atoms with Gasteiger partial charge in [-0.1, -0.05) is 42.5 Å². The fourth-order valence-electron chi connectivity index (χ4n) is 2.97. The van der Waals surface area contributed by atoms with Crippen LogP contribution in [0.5, 0.6) is 0 Å². The number of rotatable bonds is 9. The van der Waals surface area contributed by atoms with Crippen LogP contribution >= 0.6 is 0 Å². The van der Waals surface area contributed by atoms with Crippen LogP contribution in [-0.4, -0.2) is 36.8 Å². The Morgan fingerprint density at radius 3 is 2.65 bits per heavy atom. The van der Waals surface area contributed by atoms with Crippen molar-refractivity contribution in [3.8, 4) is 0 Å². The lowest BCUT2D eigenvalue weighted by Gasteiger charge is -2.22. The second-order valence-corrected chi connectivity index (χ2v) is 7.05. The molecule has 166 valence electrons. The van der Waals surface area contributed by atoms with Crippen LogP contribution in [0.1, 0.15) is 38.7 Å². The van der Waals surface area contributed by atoms with Crippen molar-refractivity contribution in [2.45, 2.75) is 51.9 Å². The second kappa shape index (κ2) is 13.1. The molecule has 0 aromatic heterocycles. The van der Waals surface area contributed by atoms with Gasteiger partial charge in [0.05, 0.1) is 6.61 Å². The van der Waals surface area contributed by atoms with Gasteiger partial charge in [0.1, 0.15) is 12.7 Å². The predicted octanol–water partition coefficient (Wildman–Crippen LogP) is 4.00.